The molecule has 0 aliphatic heterocycles. The zero-order valence-corrected chi connectivity index (χ0v) is 13.8. The third-order valence-corrected chi connectivity index (χ3v) is 7.93. The molecule has 1 N–H and O–H groups in total. The molecule has 0 unspecified atom stereocenters. The summed E-state index contributed by atoms with van der Waals surface area (Å²) in [5, 5.41) is 10.8. The highest BCUT2D eigenvalue weighted by Gasteiger charge is 2.50. The van der Waals surface area contributed by atoms with Crippen molar-refractivity contribution < 1.29 is 9.90 Å². The average Bonchev–Trinajstić information content (AvgIpc) is 3.35. The smallest absolute Gasteiger partial charge is 0.153 e. The van der Waals surface area contributed by atoms with Crippen LogP contribution in [0.2, 0.25) is 0 Å². The van der Waals surface area contributed by atoms with Gasteiger partial charge in [-0.2, -0.15) is 0 Å². The summed E-state index contributed by atoms with van der Waals surface area (Å²) >= 11 is 0. The molecule has 0 aromatic heterocycles. The van der Waals surface area contributed by atoms with Gasteiger partial charge in [-0.25, -0.2) is 0 Å². The van der Waals surface area contributed by atoms with Gasteiger partial charge in [-0.1, -0.05) is 6.07 Å². The first-order valence-electron chi connectivity index (χ1n) is 9.47. The maximum absolute atomic E-state index is 11.6. The molecule has 122 valence electrons. The molecule has 2 heteroatoms. The highest BCUT2D eigenvalue weighted by atomic mass is 16.3. The Balaban J connectivity index is 1.66. The number of fused-ring (bicyclic) bond motifs is 4. The van der Waals surface area contributed by atoms with Crippen molar-refractivity contribution in [2.24, 2.45) is 11.8 Å². The minimum atomic E-state index is 0.162. The van der Waals surface area contributed by atoms with Crippen LogP contribution in [0.15, 0.2) is 12.1 Å². The van der Waals surface area contributed by atoms with Gasteiger partial charge in [0.15, 0.2) is 6.29 Å². The summed E-state index contributed by atoms with van der Waals surface area (Å²) in [4.78, 5) is 11.6. The molecule has 5 rings (SSSR count). The van der Waals surface area contributed by atoms with Gasteiger partial charge in [0, 0.05) is 5.56 Å². The fourth-order valence-electron chi connectivity index (χ4n) is 6.63. The quantitative estimate of drug-likeness (QED) is 0.809. The van der Waals surface area contributed by atoms with E-state index in [1.54, 1.807) is 0 Å². The normalized spacial score (nSPS) is 40.9. The molecule has 2 nitrogen and oxygen atoms in total. The largest absolute Gasteiger partial charge is 0.507 e. The van der Waals surface area contributed by atoms with E-state index >= 15 is 0 Å². The molecule has 0 spiro atoms. The molecule has 1 aromatic carbocycles. The summed E-state index contributed by atoms with van der Waals surface area (Å²) in [5.41, 5.74) is 3.47. The fourth-order valence-corrected chi connectivity index (χ4v) is 6.63. The molecule has 0 atom stereocenters. The average molecular weight is 310 g/mol. The standard InChI is InChI=1S/C21H26O2/c22-13-16-9-17(20-5-1-14(11-20)2-6-20)10-18(19(16)23)21-7-3-15(12-21)4-8-21/h9-10,13-15,23H,1-8,11-12H2. The number of carbonyl (C=O) groups is 1. The van der Waals surface area contributed by atoms with Crippen LogP contribution in [0.25, 0.3) is 0 Å². The summed E-state index contributed by atoms with van der Waals surface area (Å²) in [6.45, 7) is 0. The van der Waals surface area contributed by atoms with Gasteiger partial charge in [0.2, 0.25) is 0 Å². The lowest BCUT2D eigenvalue weighted by atomic mass is 9.71. The van der Waals surface area contributed by atoms with E-state index in [9.17, 15) is 9.90 Å². The second kappa shape index (κ2) is 4.62. The van der Waals surface area contributed by atoms with Crippen LogP contribution in [-0.4, -0.2) is 11.4 Å². The van der Waals surface area contributed by atoms with Crippen LogP contribution < -0.4 is 0 Å². The van der Waals surface area contributed by atoms with E-state index in [0.29, 0.717) is 11.0 Å². The maximum atomic E-state index is 11.6. The van der Waals surface area contributed by atoms with Crippen molar-refractivity contribution in [2.45, 2.75) is 75.0 Å². The lowest BCUT2D eigenvalue weighted by Crippen LogP contribution is -2.24. The minimum absolute atomic E-state index is 0.162. The molecule has 1 aromatic rings. The van der Waals surface area contributed by atoms with Crippen molar-refractivity contribution >= 4 is 6.29 Å². The number of benzene rings is 1. The van der Waals surface area contributed by atoms with E-state index in [1.165, 1.54) is 69.8 Å². The van der Waals surface area contributed by atoms with Crippen molar-refractivity contribution in [3.8, 4) is 5.75 Å². The van der Waals surface area contributed by atoms with Crippen molar-refractivity contribution in [3.05, 3.63) is 28.8 Å². The van der Waals surface area contributed by atoms with E-state index in [2.05, 4.69) is 6.07 Å². The van der Waals surface area contributed by atoms with Crippen molar-refractivity contribution in [3.63, 3.8) is 0 Å². The van der Waals surface area contributed by atoms with E-state index in [-0.39, 0.29) is 11.2 Å². The first-order chi connectivity index (χ1) is 11.1. The highest BCUT2D eigenvalue weighted by Crippen LogP contribution is 2.60. The molecular formula is C21H26O2. The third-order valence-electron chi connectivity index (χ3n) is 7.93. The molecule has 0 saturated heterocycles. The van der Waals surface area contributed by atoms with Crippen LogP contribution in [-0.2, 0) is 10.8 Å². The molecule has 4 fully saturated rings. The number of phenolic OH excluding ortho intramolecular Hbond substituents is 1. The number of carbonyl (C=O) groups excluding carboxylic acids is 1. The Bertz CT molecular complexity index is 659. The Hall–Kier alpha value is -1.31. The van der Waals surface area contributed by atoms with Crippen LogP contribution >= 0.6 is 0 Å². The lowest BCUT2D eigenvalue weighted by Gasteiger charge is -2.33. The molecule has 0 radical (unpaired) electrons. The maximum Gasteiger partial charge on any atom is 0.153 e. The van der Waals surface area contributed by atoms with Gasteiger partial charge in [0.05, 0.1) is 5.56 Å². The van der Waals surface area contributed by atoms with Crippen molar-refractivity contribution in [1.82, 2.24) is 0 Å². The second-order valence-electron chi connectivity index (χ2n) is 8.94. The fraction of sp³-hybridized carbons (Fsp3) is 0.667. The predicted molar refractivity (Wildman–Crippen MR) is 90.0 cm³/mol. The van der Waals surface area contributed by atoms with Gasteiger partial charge < -0.3 is 5.11 Å². The van der Waals surface area contributed by atoms with Crippen LogP contribution in [0.4, 0.5) is 0 Å². The van der Waals surface area contributed by atoms with Gasteiger partial charge >= 0.3 is 0 Å². The number of hydrogen-bond donors (Lipinski definition) is 1. The number of aldehydes is 1. The Morgan fingerprint density at radius 1 is 0.913 bits per heavy atom. The summed E-state index contributed by atoms with van der Waals surface area (Å²) in [5.74, 6) is 2.03. The Kier molecular flexibility index (Phi) is 2.82. The molecule has 4 bridgehead atoms. The number of hydrogen-bond acceptors (Lipinski definition) is 2. The molecular weight excluding hydrogens is 284 g/mol. The molecule has 4 aliphatic rings. The summed E-state index contributed by atoms with van der Waals surface area (Å²) < 4.78 is 0. The van der Waals surface area contributed by atoms with Crippen LogP contribution in [0.1, 0.15) is 85.7 Å². The van der Waals surface area contributed by atoms with Crippen molar-refractivity contribution in [1.29, 1.82) is 0 Å². The zero-order chi connectivity index (χ0) is 15.7. The van der Waals surface area contributed by atoms with Crippen molar-refractivity contribution in [2.75, 3.05) is 0 Å². The number of rotatable bonds is 3. The first-order valence-corrected chi connectivity index (χ1v) is 9.47. The SMILES string of the molecule is O=Cc1cc(C23CCC(CC2)C3)cc(C23CCC(CC2)C3)c1O. The summed E-state index contributed by atoms with van der Waals surface area (Å²) in [6.07, 6.45) is 13.6. The zero-order valence-electron chi connectivity index (χ0n) is 13.8. The van der Waals surface area contributed by atoms with E-state index in [1.807, 2.05) is 6.07 Å². The van der Waals surface area contributed by atoms with E-state index < -0.39 is 0 Å². The van der Waals surface area contributed by atoms with Gasteiger partial charge in [0.1, 0.15) is 5.75 Å². The van der Waals surface area contributed by atoms with E-state index in [0.717, 1.165) is 23.7 Å². The van der Waals surface area contributed by atoms with Gasteiger partial charge in [-0.15, -0.1) is 0 Å². The number of aromatic hydroxyl groups is 1. The van der Waals surface area contributed by atoms with Crippen LogP contribution in [0.3, 0.4) is 0 Å². The topological polar surface area (TPSA) is 37.3 Å². The van der Waals surface area contributed by atoms with Gasteiger partial charge in [-0.05, 0) is 98.5 Å². The minimum Gasteiger partial charge on any atom is -0.507 e. The predicted octanol–water partition coefficient (Wildman–Crippen LogP) is 4.87. The molecule has 4 saturated carbocycles. The molecule has 4 aliphatic carbocycles. The summed E-state index contributed by atoms with van der Waals surface area (Å²) in [6, 6.07) is 4.33. The Labute approximate surface area is 138 Å². The monoisotopic (exact) mass is 310 g/mol. The first kappa shape index (κ1) is 14.1. The van der Waals surface area contributed by atoms with Crippen LogP contribution in [0.5, 0.6) is 5.75 Å². The second-order valence-corrected chi connectivity index (χ2v) is 8.94. The van der Waals surface area contributed by atoms with Crippen LogP contribution in [0, 0.1) is 11.8 Å². The molecule has 0 heterocycles. The third kappa shape index (κ3) is 1.84. The van der Waals surface area contributed by atoms with E-state index in [4.69, 9.17) is 0 Å². The molecule has 23 heavy (non-hydrogen) atoms. The lowest BCUT2D eigenvalue weighted by molar-refractivity contribution is 0.112. The number of phenols is 1. The Morgan fingerprint density at radius 3 is 1.96 bits per heavy atom. The molecule has 0 amide bonds. The highest BCUT2D eigenvalue weighted by molar-refractivity contribution is 5.81. The Morgan fingerprint density at radius 2 is 1.48 bits per heavy atom. The van der Waals surface area contributed by atoms with Gasteiger partial charge in [0.25, 0.3) is 0 Å². The van der Waals surface area contributed by atoms with Gasteiger partial charge in [-0.3, -0.25) is 4.79 Å². The summed E-state index contributed by atoms with van der Waals surface area (Å²) in [7, 11) is 0.